The summed E-state index contributed by atoms with van der Waals surface area (Å²) >= 11 is 0. The zero-order chi connectivity index (χ0) is 14.8. The van der Waals surface area contributed by atoms with Crippen molar-refractivity contribution in [1.82, 2.24) is 10.2 Å². The number of aliphatic hydroxyl groups is 1. The van der Waals surface area contributed by atoms with E-state index in [4.69, 9.17) is 5.11 Å². The average Bonchev–Trinajstić information content (AvgIpc) is 2.45. The van der Waals surface area contributed by atoms with Crippen molar-refractivity contribution in [3.05, 3.63) is 35.4 Å². The minimum Gasteiger partial charge on any atom is -0.395 e. The molecule has 4 nitrogen and oxygen atoms in total. The van der Waals surface area contributed by atoms with Crippen LogP contribution in [0.5, 0.6) is 0 Å². The van der Waals surface area contributed by atoms with Gasteiger partial charge in [0, 0.05) is 38.5 Å². The predicted molar refractivity (Wildman–Crippen MR) is 80.0 cm³/mol. The molecular formula is C16H22N2O2. The molecule has 0 heterocycles. The molecule has 0 radical (unpaired) electrons. The first-order chi connectivity index (χ1) is 9.65. The van der Waals surface area contributed by atoms with E-state index in [1.165, 1.54) is 5.56 Å². The van der Waals surface area contributed by atoms with Gasteiger partial charge in [0.25, 0.3) is 0 Å². The molecule has 0 unspecified atom stereocenters. The van der Waals surface area contributed by atoms with Crippen molar-refractivity contribution in [2.45, 2.75) is 19.4 Å². The van der Waals surface area contributed by atoms with Gasteiger partial charge >= 0.3 is 0 Å². The summed E-state index contributed by atoms with van der Waals surface area (Å²) in [5.74, 6) is 5.99. The molecule has 0 spiro atoms. The van der Waals surface area contributed by atoms with Crippen LogP contribution in [0, 0.1) is 11.8 Å². The Balaban J connectivity index is 2.53. The molecule has 0 aromatic heterocycles. The van der Waals surface area contributed by atoms with Crippen molar-refractivity contribution in [3.63, 3.8) is 0 Å². The Bertz CT molecular complexity index is 489. The quantitative estimate of drug-likeness (QED) is 0.761. The van der Waals surface area contributed by atoms with Crippen molar-refractivity contribution in [3.8, 4) is 11.8 Å². The highest BCUT2D eigenvalue weighted by atomic mass is 16.2. The maximum Gasteiger partial charge on any atom is 0.221 e. The molecule has 20 heavy (non-hydrogen) atoms. The van der Waals surface area contributed by atoms with E-state index in [0.717, 1.165) is 18.7 Å². The van der Waals surface area contributed by atoms with Gasteiger partial charge in [-0.1, -0.05) is 24.0 Å². The fourth-order valence-corrected chi connectivity index (χ4v) is 1.78. The lowest BCUT2D eigenvalue weighted by molar-refractivity contribution is -0.120. The second-order valence-corrected chi connectivity index (χ2v) is 4.64. The number of aliphatic hydroxyl groups excluding tert-OH is 1. The van der Waals surface area contributed by atoms with E-state index in [2.05, 4.69) is 22.1 Å². The van der Waals surface area contributed by atoms with Gasteiger partial charge in [0.05, 0.1) is 6.61 Å². The van der Waals surface area contributed by atoms with Crippen LogP contribution >= 0.6 is 0 Å². The molecule has 0 aliphatic rings. The standard InChI is InChI=1S/C16H22N2O2/c1-17-16(20)9-10-18(2)13-15-8-5-7-14(12-15)6-3-4-11-19/h5,7-8,12,19H,4,9-11,13H2,1-2H3,(H,17,20). The molecule has 0 saturated carbocycles. The molecule has 0 fully saturated rings. The summed E-state index contributed by atoms with van der Waals surface area (Å²) in [7, 11) is 3.64. The number of nitrogens with one attached hydrogen (secondary N) is 1. The smallest absolute Gasteiger partial charge is 0.221 e. The number of benzene rings is 1. The van der Waals surface area contributed by atoms with Crippen molar-refractivity contribution in [2.75, 3.05) is 27.2 Å². The highest BCUT2D eigenvalue weighted by Crippen LogP contribution is 2.07. The van der Waals surface area contributed by atoms with E-state index < -0.39 is 0 Å². The highest BCUT2D eigenvalue weighted by Gasteiger charge is 2.04. The number of hydrogen-bond acceptors (Lipinski definition) is 3. The molecule has 4 heteroatoms. The fourth-order valence-electron chi connectivity index (χ4n) is 1.78. The lowest BCUT2D eigenvalue weighted by Crippen LogP contribution is -2.26. The lowest BCUT2D eigenvalue weighted by atomic mass is 10.1. The molecule has 0 aliphatic heterocycles. The Kier molecular flexibility index (Phi) is 7.41. The summed E-state index contributed by atoms with van der Waals surface area (Å²) in [6, 6.07) is 8.03. The summed E-state index contributed by atoms with van der Waals surface area (Å²) in [5.41, 5.74) is 2.12. The second-order valence-electron chi connectivity index (χ2n) is 4.64. The number of carbonyl (C=O) groups is 1. The van der Waals surface area contributed by atoms with Gasteiger partial charge in [0.1, 0.15) is 0 Å². The first kappa shape index (κ1) is 16.2. The Labute approximate surface area is 120 Å². The van der Waals surface area contributed by atoms with Crippen molar-refractivity contribution < 1.29 is 9.90 Å². The Morgan fingerprint density at radius 2 is 2.25 bits per heavy atom. The largest absolute Gasteiger partial charge is 0.395 e. The number of nitrogens with zero attached hydrogens (tertiary/aromatic N) is 1. The van der Waals surface area contributed by atoms with Crippen LogP contribution in [0.15, 0.2) is 24.3 Å². The van der Waals surface area contributed by atoms with Gasteiger partial charge in [-0.15, -0.1) is 0 Å². The van der Waals surface area contributed by atoms with E-state index in [1.54, 1.807) is 7.05 Å². The summed E-state index contributed by atoms with van der Waals surface area (Å²) in [4.78, 5) is 13.3. The second kappa shape index (κ2) is 9.13. The third kappa shape index (κ3) is 6.37. The molecule has 2 N–H and O–H groups in total. The number of rotatable bonds is 6. The number of hydrogen-bond donors (Lipinski definition) is 2. The van der Waals surface area contributed by atoms with Crippen LogP contribution < -0.4 is 5.32 Å². The van der Waals surface area contributed by atoms with Crippen LogP contribution in [0.1, 0.15) is 24.0 Å². The summed E-state index contributed by atoms with van der Waals surface area (Å²) in [6.07, 6.45) is 0.999. The molecule has 0 bridgehead atoms. The number of carbonyl (C=O) groups excluding carboxylic acids is 1. The highest BCUT2D eigenvalue weighted by molar-refractivity contribution is 5.75. The maximum atomic E-state index is 11.2. The van der Waals surface area contributed by atoms with Crippen LogP contribution in [0.3, 0.4) is 0 Å². The van der Waals surface area contributed by atoms with Gasteiger partial charge < -0.3 is 15.3 Å². The molecule has 1 aromatic rings. The molecule has 0 saturated heterocycles. The zero-order valence-electron chi connectivity index (χ0n) is 12.1. The van der Waals surface area contributed by atoms with Gasteiger partial charge in [-0.25, -0.2) is 0 Å². The monoisotopic (exact) mass is 274 g/mol. The molecule has 1 amide bonds. The molecule has 0 atom stereocenters. The van der Waals surface area contributed by atoms with Gasteiger partial charge in [-0.05, 0) is 24.7 Å². The zero-order valence-corrected chi connectivity index (χ0v) is 12.1. The fraction of sp³-hybridized carbons (Fsp3) is 0.438. The lowest BCUT2D eigenvalue weighted by Gasteiger charge is -2.16. The SMILES string of the molecule is CNC(=O)CCN(C)Cc1cccc(C#CCCO)c1. The molecule has 1 aromatic carbocycles. The van der Waals surface area contributed by atoms with E-state index in [9.17, 15) is 4.79 Å². The molecule has 108 valence electrons. The van der Waals surface area contributed by atoms with Gasteiger partial charge in [-0.2, -0.15) is 0 Å². The van der Waals surface area contributed by atoms with E-state index in [0.29, 0.717) is 12.8 Å². The van der Waals surface area contributed by atoms with Gasteiger partial charge in [0.2, 0.25) is 5.91 Å². The maximum absolute atomic E-state index is 11.2. The van der Waals surface area contributed by atoms with E-state index in [-0.39, 0.29) is 12.5 Å². The Morgan fingerprint density at radius 3 is 2.95 bits per heavy atom. The third-order valence-corrected chi connectivity index (χ3v) is 2.85. The summed E-state index contributed by atoms with van der Waals surface area (Å²) in [6.45, 7) is 1.60. The van der Waals surface area contributed by atoms with Crippen LogP contribution in [0.25, 0.3) is 0 Å². The minimum atomic E-state index is 0.0560. The summed E-state index contributed by atoms with van der Waals surface area (Å²) in [5, 5.41) is 11.3. The topological polar surface area (TPSA) is 52.6 Å². The van der Waals surface area contributed by atoms with E-state index >= 15 is 0 Å². The normalized spacial score (nSPS) is 10.0. The van der Waals surface area contributed by atoms with Crippen molar-refractivity contribution >= 4 is 5.91 Å². The first-order valence-corrected chi connectivity index (χ1v) is 6.73. The van der Waals surface area contributed by atoms with Crippen molar-refractivity contribution in [2.24, 2.45) is 0 Å². The Morgan fingerprint density at radius 1 is 1.45 bits per heavy atom. The summed E-state index contributed by atoms with van der Waals surface area (Å²) < 4.78 is 0. The number of amides is 1. The van der Waals surface area contributed by atoms with Crippen LogP contribution in [-0.2, 0) is 11.3 Å². The van der Waals surface area contributed by atoms with Crippen molar-refractivity contribution in [1.29, 1.82) is 0 Å². The third-order valence-electron chi connectivity index (χ3n) is 2.85. The van der Waals surface area contributed by atoms with E-state index in [1.807, 2.05) is 31.3 Å². The molecule has 0 aliphatic carbocycles. The average molecular weight is 274 g/mol. The predicted octanol–water partition coefficient (Wildman–Crippen LogP) is 0.988. The minimum absolute atomic E-state index is 0.0560. The van der Waals surface area contributed by atoms with Gasteiger partial charge in [-0.3, -0.25) is 4.79 Å². The molecule has 1 rings (SSSR count). The Hall–Kier alpha value is -1.83. The van der Waals surface area contributed by atoms with Crippen LogP contribution in [-0.4, -0.2) is 43.2 Å². The van der Waals surface area contributed by atoms with Gasteiger partial charge in [0.15, 0.2) is 0 Å². The first-order valence-electron chi connectivity index (χ1n) is 6.73. The van der Waals surface area contributed by atoms with Crippen LogP contribution in [0.4, 0.5) is 0 Å². The molecular weight excluding hydrogens is 252 g/mol. The van der Waals surface area contributed by atoms with Crippen LogP contribution in [0.2, 0.25) is 0 Å².